The maximum atomic E-state index is 10.2. The van der Waals surface area contributed by atoms with Crippen LogP contribution < -0.4 is 5.32 Å². The van der Waals surface area contributed by atoms with Crippen molar-refractivity contribution >= 4 is 5.97 Å². The average molecular weight is 189 g/mol. The zero-order valence-corrected chi connectivity index (χ0v) is 7.31. The summed E-state index contributed by atoms with van der Waals surface area (Å²) in [6, 6.07) is 0.235. The number of hydrogen-bond acceptors (Lipinski definition) is 4. The van der Waals surface area contributed by atoms with Crippen molar-refractivity contribution in [1.82, 2.24) is 5.32 Å². The molecule has 1 fully saturated rings. The minimum absolute atomic E-state index is 0.228. The number of hydrogen-bond donors (Lipinski definition) is 4. The fraction of sp³-hybridized carbons (Fsp3) is 0.875. The van der Waals surface area contributed by atoms with E-state index < -0.39 is 12.1 Å². The maximum absolute atomic E-state index is 10.2. The first kappa shape index (κ1) is 10.4. The monoisotopic (exact) mass is 189 g/mol. The van der Waals surface area contributed by atoms with E-state index in [1.165, 1.54) is 0 Å². The lowest BCUT2D eigenvalue weighted by atomic mass is 9.89. The molecule has 0 aromatic rings. The minimum atomic E-state index is -0.997. The van der Waals surface area contributed by atoms with Gasteiger partial charge in [0.25, 0.3) is 0 Å². The Hall–Kier alpha value is -0.650. The highest BCUT2D eigenvalue weighted by atomic mass is 16.4. The summed E-state index contributed by atoms with van der Waals surface area (Å²) in [7, 11) is 0. The zero-order valence-electron chi connectivity index (χ0n) is 7.31. The van der Waals surface area contributed by atoms with Crippen molar-refractivity contribution in [2.75, 3.05) is 6.54 Å². The van der Waals surface area contributed by atoms with Gasteiger partial charge >= 0.3 is 5.97 Å². The largest absolute Gasteiger partial charge is 0.481 e. The van der Waals surface area contributed by atoms with Crippen LogP contribution in [0.2, 0.25) is 0 Å². The molecule has 0 heterocycles. The molecule has 5 nitrogen and oxygen atoms in total. The number of aliphatic hydroxyl groups excluding tert-OH is 2. The molecule has 1 saturated carbocycles. The van der Waals surface area contributed by atoms with Crippen LogP contribution in [0.4, 0.5) is 0 Å². The molecule has 4 N–H and O–H groups in total. The molecule has 0 aliphatic heterocycles. The topological polar surface area (TPSA) is 89.8 Å². The fourth-order valence-electron chi connectivity index (χ4n) is 1.33. The number of carboxylic acid groups (broad SMARTS) is 1. The highest BCUT2D eigenvalue weighted by Crippen LogP contribution is 2.19. The van der Waals surface area contributed by atoms with E-state index in [0.29, 0.717) is 12.8 Å². The Kier molecular flexibility index (Phi) is 3.65. The Labute approximate surface area is 76.4 Å². The van der Waals surface area contributed by atoms with Gasteiger partial charge in [0.05, 0.1) is 18.6 Å². The van der Waals surface area contributed by atoms with Gasteiger partial charge in [0.2, 0.25) is 0 Å². The van der Waals surface area contributed by atoms with Gasteiger partial charge in [-0.25, -0.2) is 0 Å². The first-order valence-electron chi connectivity index (χ1n) is 4.39. The molecule has 1 unspecified atom stereocenters. The Morgan fingerprint density at radius 1 is 1.54 bits per heavy atom. The number of aliphatic carboxylic acids is 1. The molecule has 1 aliphatic rings. The number of carboxylic acids is 1. The summed E-state index contributed by atoms with van der Waals surface area (Å²) in [6.45, 7) is 0.281. The molecule has 0 radical (unpaired) electrons. The molecule has 1 rings (SSSR count). The molecule has 76 valence electrons. The summed E-state index contributed by atoms with van der Waals surface area (Å²) >= 11 is 0. The molecular formula is C8H15NO4. The molecule has 13 heavy (non-hydrogen) atoms. The van der Waals surface area contributed by atoms with E-state index in [2.05, 4.69) is 5.32 Å². The smallest absolute Gasteiger partial charge is 0.306 e. The Morgan fingerprint density at radius 2 is 2.15 bits per heavy atom. The standard InChI is InChI=1S/C8H15NO4/c10-6-1-5(2-6)9-4-7(11)3-8(12)13/h5-7,9-11H,1-4H2,(H,12,13). The number of carbonyl (C=O) groups is 1. The minimum Gasteiger partial charge on any atom is -0.481 e. The quantitative estimate of drug-likeness (QED) is 0.442. The normalized spacial score (nSPS) is 29.4. The van der Waals surface area contributed by atoms with Gasteiger partial charge in [-0.05, 0) is 12.8 Å². The molecule has 0 bridgehead atoms. The second kappa shape index (κ2) is 4.55. The van der Waals surface area contributed by atoms with E-state index in [-0.39, 0.29) is 25.1 Å². The number of nitrogens with one attached hydrogen (secondary N) is 1. The highest BCUT2D eigenvalue weighted by Gasteiger charge is 2.27. The Morgan fingerprint density at radius 3 is 2.62 bits per heavy atom. The second-order valence-corrected chi connectivity index (χ2v) is 3.48. The lowest BCUT2D eigenvalue weighted by Crippen LogP contribution is -2.46. The van der Waals surface area contributed by atoms with Gasteiger partial charge in [-0.1, -0.05) is 0 Å². The SMILES string of the molecule is O=C(O)CC(O)CNC1CC(O)C1. The van der Waals surface area contributed by atoms with Crippen LogP contribution in [0.3, 0.4) is 0 Å². The first-order chi connectivity index (χ1) is 6.08. The lowest BCUT2D eigenvalue weighted by molar-refractivity contribution is -0.139. The van der Waals surface area contributed by atoms with Crippen LogP contribution in [-0.2, 0) is 4.79 Å². The molecule has 0 aromatic heterocycles. The van der Waals surface area contributed by atoms with Crippen LogP contribution in [0.15, 0.2) is 0 Å². The van der Waals surface area contributed by atoms with E-state index >= 15 is 0 Å². The summed E-state index contributed by atoms with van der Waals surface area (Å²) in [5, 5.41) is 29.4. The van der Waals surface area contributed by atoms with Gasteiger partial charge in [0.15, 0.2) is 0 Å². The van der Waals surface area contributed by atoms with Gasteiger partial charge in [0.1, 0.15) is 0 Å². The van der Waals surface area contributed by atoms with Gasteiger partial charge in [-0.15, -0.1) is 0 Å². The molecule has 0 amide bonds. The van der Waals surface area contributed by atoms with Crippen molar-refractivity contribution < 1.29 is 20.1 Å². The Bertz CT molecular complexity index is 179. The predicted molar refractivity (Wildman–Crippen MR) is 45.3 cm³/mol. The van der Waals surface area contributed by atoms with E-state index in [1.807, 2.05) is 0 Å². The third-order valence-corrected chi connectivity index (χ3v) is 2.17. The van der Waals surface area contributed by atoms with Crippen LogP contribution >= 0.6 is 0 Å². The van der Waals surface area contributed by atoms with Crippen molar-refractivity contribution in [3.8, 4) is 0 Å². The third-order valence-electron chi connectivity index (χ3n) is 2.17. The fourth-order valence-corrected chi connectivity index (χ4v) is 1.33. The van der Waals surface area contributed by atoms with Crippen LogP contribution in [0, 0.1) is 0 Å². The average Bonchev–Trinajstić information content (AvgIpc) is 1.94. The summed E-state index contributed by atoms with van der Waals surface area (Å²) in [4.78, 5) is 10.2. The summed E-state index contributed by atoms with van der Waals surface area (Å²) in [5.41, 5.74) is 0. The lowest BCUT2D eigenvalue weighted by Gasteiger charge is -2.32. The number of aliphatic hydroxyl groups is 2. The van der Waals surface area contributed by atoms with Crippen molar-refractivity contribution in [3.05, 3.63) is 0 Å². The Balaban J connectivity index is 2.02. The van der Waals surface area contributed by atoms with Crippen molar-refractivity contribution in [3.63, 3.8) is 0 Å². The van der Waals surface area contributed by atoms with Gasteiger partial charge < -0.3 is 20.6 Å². The van der Waals surface area contributed by atoms with Gasteiger partial charge in [-0.2, -0.15) is 0 Å². The first-order valence-corrected chi connectivity index (χ1v) is 4.39. The highest BCUT2D eigenvalue weighted by molar-refractivity contribution is 5.67. The third kappa shape index (κ3) is 3.71. The van der Waals surface area contributed by atoms with Crippen LogP contribution in [0.25, 0.3) is 0 Å². The maximum Gasteiger partial charge on any atom is 0.306 e. The van der Waals surface area contributed by atoms with E-state index in [9.17, 15) is 4.79 Å². The van der Waals surface area contributed by atoms with E-state index in [0.717, 1.165) is 0 Å². The van der Waals surface area contributed by atoms with Crippen molar-refractivity contribution in [2.45, 2.75) is 37.5 Å². The summed E-state index contributed by atoms with van der Waals surface area (Å²) in [5.74, 6) is -0.997. The molecule has 1 aliphatic carbocycles. The molecule has 1 atom stereocenters. The molecular weight excluding hydrogens is 174 g/mol. The molecule has 0 aromatic carbocycles. The van der Waals surface area contributed by atoms with Crippen molar-refractivity contribution in [1.29, 1.82) is 0 Å². The molecule has 0 spiro atoms. The summed E-state index contributed by atoms with van der Waals surface area (Å²) in [6.07, 6.45) is 0.0892. The molecule has 5 heteroatoms. The van der Waals surface area contributed by atoms with Crippen molar-refractivity contribution in [2.24, 2.45) is 0 Å². The number of rotatable bonds is 5. The van der Waals surface area contributed by atoms with Gasteiger partial charge in [0, 0.05) is 12.6 Å². The molecule has 0 saturated heterocycles. The second-order valence-electron chi connectivity index (χ2n) is 3.48. The van der Waals surface area contributed by atoms with Crippen LogP contribution in [0.1, 0.15) is 19.3 Å². The van der Waals surface area contributed by atoms with E-state index in [4.69, 9.17) is 15.3 Å². The summed E-state index contributed by atoms with van der Waals surface area (Å²) < 4.78 is 0. The predicted octanol–water partition coefficient (Wildman–Crippen LogP) is -1.07. The van der Waals surface area contributed by atoms with E-state index in [1.54, 1.807) is 0 Å². The van der Waals surface area contributed by atoms with Gasteiger partial charge in [-0.3, -0.25) is 4.79 Å². The zero-order chi connectivity index (χ0) is 9.84. The van der Waals surface area contributed by atoms with Crippen LogP contribution in [0.5, 0.6) is 0 Å². The van der Waals surface area contributed by atoms with Crippen LogP contribution in [-0.4, -0.2) is 46.1 Å².